The first-order chi connectivity index (χ1) is 17.0. The molecule has 5 rings (SSSR count). The second-order valence-electron chi connectivity index (χ2n) is 10.9. The van der Waals surface area contributed by atoms with Crippen molar-refractivity contribution in [2.75, 3.05) is 29.5 Å². The standard InChI is InChI=1S/C25H31FN6O2SSi/c1-25(2,3)36(4,5)34-15-16-9-12-31(13-16)19-8-7-17(21(26)30-19)22-29-18-14-32(23(33)20(18)35-22)24-27-10-6-11-28-24/h6-8,10-11,16H,9,12-15H2,1-5H3/t16-/m0/s1. The van der Waals surface area contributed by atoms with Crippen LogP contribution in [0.25, 0.3) is 10.6 Å². The third-order valence-corrected chi connectivity index (χ3v) is 13.0. The van der Waals surface area contributed by atoms with Gasteiger partial charge in [-0.3, -0.25) is 9.69 Å². The second-order valence-corrected chi connectivity index (χ2v) is 16.7. The average Bonchev–Trinajstić information content (AvgIpc) is 3.54. The third kappa shape index (κ3) is 4.67. The molecule has 0 radical (unpaired) electrons. The molecule has 36 heavy (non-hydrogen) atoms. The van der Waals surface area contributed by atoms with Crippen LogP contribution in [-0.4, -0.2) is 53.9 Å². The van der Waals surface area contributed by atoms with Gasteiger partial charge in [-0.25, -0.2) is 19.9 Å². The SMILES string of the molecule is CC(C)(C)[Si](C)(C)OC[C@H]1CCN(c2ccc(-c3nc4c(s3)C(=O)N(c3ncccn3)C4)c(F)n2)C1. The first-order valence-electron chi connectivity index (χ1n) is 12.2. The minimum Gasteiger partial charge on any atom is -0.416 e. The van der Waals surface area contributed by atoms with Crippen LogP contribution in [0.5, 0.6) is 0 Å². The van der Waals surface area contributed by atoms with Crippen LogP contribution in [0.3, 0.4) is 0 Å². The zero-order valence-corrected chi connectivity index (χ0v) is 23.1. The summed E-state index contributed by atoms with van der Waals surface area (Å²) in [7, 11) is -1.79. The van der Waals surface area contributed by atoms with Crippen molar-refractivity contribution in [1.82, 2.24) is 19.9 Å². The molecule has 2 aliphatic rings. The van der Waals surface area contributed by atoms with Gasteiger partial charge in [0.2, 0.25) is 11.9 Å². The van der Waals surface area contributed by atoms with Crippen LogP contribution in [0, 0.1) is 11.9 Å². The van der Waals surface area contributed by atoms with Crippen molar-refractivity contribution in [3.63, 3.8) is 0 Å². The van der Waals surface area contributed by atoms with Gasteiger partial charge in [0.15, 0.2) is 8.32 Å². The molecule has 0 aliphatic carbocycles. The molecule has 0 unspecified atom stereocenters. The number of hydrogen-bond donors (Lipinski definition) is 0. The molecule has 2 aliphatic heterocycles. The average molecular weight is 527 g/mol. The Bertz CT molecular complexity index is 1280. The van der Waals surface area contributed by atoms with Gasteiger partial charge in [0.05, 0.1) is 17.8 Å². The van der Waals surface area contributed by atoms with Crippen molar-refractivity contribution in [2.24, 2.45) is 5.92 Å². The molecule has 3 aromatic heterocycles. The van der Waals surface area contributed by atoms with Crippen LogP contribution in [-0.2, 0) is 11.0 Å². The number of hydrogen-bond acceptors (Lipinski definition) is 8. The Morgan fingerprint density at radius 3 is 2.61 bits per heavy atom. The van der Waals surface area contributed by atoms with Gasteiger partial charge in [-0.15, -0.1) is 11.3 Å². The molecule has 8 nitrogen and oxygen atoms in total. The lowest BCUT2D eigenvalue weighted by Crippen LogP contribution is -2.42. The van der Waals surface area contributed by atoms with Gasteiger partial charge in [-0.1, -0.05) is 20.8 Å². The van der Waals surface area contributed by atoms with Crippen molar-refractivity contribution < 1.29 is 13.6 Å². The zero-order chi connectivity index (χ0) is 25.7. The van der Waals surface area contributed by atoms with Gasteiger partial charge in [-0.2, -0.15) is 4.39 Å². The maximum absolute atomic E-state index is 15.1. The largest absolute Gasteiger partial charge is 0.416 e. The zero-order valence-electron chi connectivity index (χ0n) is 21.3. The highest BCUT2D eigenvalue weighted by molar-refractivity contribution is 7.17. The van der Waals surface area contributed by atoms with E-state index in [9.17, 15) is 4.79 Å². The van der Waals surface area contributed by atoms with Gasteiger partial charge in [0.1, 0.15) is 15.7 Å². The van der Waals surface area contributed by atoms with Gasteiger partial charge < -0.3 is 9.33 Å². The Balaban J connectivity index is 1.25. The highest BCUT2D eigenvalue weighted by Crippen LogP contribution is 2.38. The fourth-order valence-electron chi connectivity index (χ4n) is 4.16. The number of carbonyl (C=O) groups excluding carboxylic acids is 1. The lowest BCUT2D eigenvalue weighted by atomic mass is 10.1. The van der Waals surface area contributed by atoms with Crippen LogP contribution >= 0.6 is 11.3 Å². The van der Waals surface area contributed by atoms with Gasteiger partial charge >= 0.3 is 0 Å². The van der Waals surface area contributed by atoms with Crippen molar-refractivity contribution in [2.45, 2.75) is 51.9 Å². The van der Waals surface area contributed by atoms with Crippen molar-refractivity contribution in [1.29, 1.82) is 0 Å². The van der Waals surface area contributed by atoms with Crippen molar-refractivity contribution in [3.05, 3.63) is 47.1 Å². The fourth-order valence-corrected chi connectivity index (χ4v) is 6.28. The maximum Gasteiger partial charge on any atom is 0.273 e. The normalized spacial score (nSPS) is 18.3. The molecule has 1 atom stereocenters. The van der Waals surface area contributed by atoms with E-state index >= 15 is 4.39 Å². The first kappa shape index (κ1) is 24.9. The molecule has 0 N–H and O–H groups in total. The van der Waals surface area contributed by atoms with Gasteiger partial charge in [-0.05, 0) is 42.8 Å². The highest BCUT2D eigenvalue weighted by atomic mass is 32.1. The Kier molecular flexibility index (Phi) is 6.42. The van der Waals surface area contributed by atoms with E-state index in [4.69, 9.17) is 4.43 Å². The molecular formula is C25H31FN6O2SSi. The summed E-state index contributed by atoms with van der Waals surface area (Å²) in [5.74, 6) is 0.585. The lowest BCUT2D eigenvalue weighted by molar-refractivity contribution is 0.0998. The molecule has 0 spiro atoms. The molecular weight excluding hydrogens is 495 g/mol. The Hall–Kier alpha value is -2.76. The Morgan fingerprint density at radius 2 is 1.94 bits per heavy atom. The van der Waals surface area contributed by atoms with Crippen molar-refractivity contribution >= 4 is 37.3 Å². The molecule has 0 bridgehead atoms. The number of nitrogens with zero attached hydrogens (tertiary/aromatic N) is 6. The van der Waals surface area contributed by atoms with Crippen LogP contribution < -0.4 is 9.80 Å². The van der Waals surface area contributed by atoms with E-state index in [2.05, 4.69) is 58.7 Å². The summed E-state index contributed by atoms with van der Waals surface area (Å²) in [4.78, 5) is 34.0. The number of fused-ring (bicyclic) bond motifs is 1. The summed E-state index contributed by atoms with van der Waals surface area (Å²) in [6.07, 6.45) is 4.18. The minimum atomic E-state index is -1.79. The van der Waals surface area contributed by atoms with Crippen molar-refractivity contribution in [3.8, 4) is 10.6 Å². The lowest BCUT2D eigenvalue weighted by Gasteiger charge is -2.37. The minimum absolute atomic E-state index is 0.181. The number of halogens is 1. The van der Waals surface area contributed by atoms with E-state index in [1.807, 2.05) is 6.07 Å². The quantitative estimate of drug-likeness (QED) is 0.325. The molecule has 0 saturated carbocycles. The summed E-state index contributed by atoms with van der Waals surface area (Å²) in [6, 6.07) is 5.25. The maximum atomic E-state index is 15.1. The summed E-state index contributed by atoms with van der Waals surface area (Å²) < 4.78 is 21.5. The van der Waals surface area contributed by atoms with E-state index in [0.29, 0.717) is 38.8 Å². The van der Waals surface area contributed by atoms with Gasteiger partial charge in [0.25, 0.3) is 5.91 Å². The monoisotopic (exact) mass is 526 g/mol. The summed E-state index contributed by atoms with van der Waals surface area (Å²) >= 11 is 1.18. The Morgan fingerprint density at radius 1 is 1.19 bits per heavy atom. The molecule has 190 valence electrons. The Labute approximate surface area is 215 Å². The van der Waals surface area contributed by atoms with E-state index < -0.39 is 14.3 Å². The summed E-state index contributed by atoms with van der Waals surface area (Å²) in [5.41, 5.74) is 0.922. The van der Waals surface area contributed by atoms with Crippen LogP contribution in [0.15, 0.2) is 30.6 Å². The topological polar surface area (TPSA) is 84.3 Å². The molecule has 1 fully saturated rings. The smallest absolute Gasteiger partial charge is 0.273 e. The molecule has 1 amide bonds. The third-order valence-electron chi connectivity index (χ3n) is 7.40. The van der Waals surface area contributed by atoms with E-state index in [0.717, 1.165) is 26.1 Å². The first-order valence-corrected chi connectivity index (χ1v) is 15.9. The molecule has 11 heteroatoms. The second kappa shape index (κ2) is 9.27. The van der Waals surface area contributed by atoms with E-state index in [1.54, 1.807) is 24.5 Å². The number of aromatic nitrogens is 4. The van der Waals surface area contributed by atoms with Gasteiger partial charge in [0, 0.05) is 38.0 Å². The van der Waals surface area contributed by atoms with Crippen LogP contribution in [0.1, 0.15) is 42.6 Å². The molecule has 1 saturated heterocycles. The number of thiazole rings is 1. The summed E-state index contributed by atoms with van der Waals surface area (Å²) in [5, 5.41) is 0.640. The summed E-state index contributed by atoms with van der Waals surface area (Å²) in [6.45, 7) is 13.9. The van der Waals surface area contributed by atoms with E-state index in [-0.39, 0.29) is 17.5 Å². The number of anilines is 2. The van der Waals surface area contributed by atoms with Crippen LogP contribution in [0.4, 0.5) is 16.2 Å². The predicted molar refractivity (Wildman–Crippen MR) is 141 cm³/mol. The number of pyridine rings is 1. The number of rotatable bonds is 6. The molecule has 0 aromatic carbocycles. The molecule has 3 aromatic rings. The predicted octanol–water partition coefficient (Wildman–Crippen LogP) is 5.14. The van der Waals surface area contributed by atoms with Crippen LogP contribution in [0.2, 0.25) is 18.1 Å². The van der Waals surface area contributed by atoms with E-state index in [1.165, 1.54) is 16.2 Å². The highest BCUT2D eigenvalue weighted by Gasteiger charge is 2.38. The fraction of sp³-hybridized carbons (Fsp3) is 0.480. The molecule has 5 heterocycles. The number of carbonyl (C=O) groups is 1. The number of amides is 1.